The average Bonchev–Trinajstić information content (AvgIpc) is 2.71. The van der Waals surface area contributed by atoms with Gasteiger partial charge >= 0.3 is 0 Å². The third kappa shape index (κ3) is 0.856. The summed E-state index contributed by atoms with van der Waals surface area (Å²) in [5.74, 6) is 0. The zero-order valence-corrected chi connectivity index (χ0v) is 5.88. The summed E-state index contributed by atoms with van der Waals surface area (Å²) in [4.78, 5) is 0. The molecule has 0 aromatic heterocycles. The Labute approximate surface area is 59.9 Å². The minimum atomic E-state index is -0.0417. The van der Waals surface area contributed by atoms with Gasteiger partial charge in [-0.25, -0.2) is 0 Å². The second kappa shape index (κ2) is 2.19. The van der Waals surface area contributed by atoms with Crippen LogP contribution in [-0.2, 0) is 9.47 Å². The lowest BCUT2D eigenvalue weighted by Crippen LogP contribution is -2.31. The Morgan fingerprint density at radius 3 is 2.80 bits per heavy atom. The summed E-state index contributed by atoms with van der Waals surface area (Å²) in [6.07, 6.45) is 1.23. The number of aliphatic hydroxyl groups excluding tert-OH is 1. The maximum atomic E-state index is 9.07. The van der Waals surface area contributed by atoms with Crippen LogP contribution in [0.2, 0.25) is 0 Å². The lowest BCUT2D eigenvalue weighted by Gasteiger charge is -2.21. The predicted octanol–water partition coefficient (Wildman–Crippen LogP) is -0.216. The number of aliphatic hydroxyl groups is 1. The van der Waals surface area contributed by atoms with Gasteiger partial charge in [0.2, 0.25) is 0 Å². The van der Waals surface area contributed by atoms with Gasteiger partial charge in [0, 0.05) is 12.0 Å². The van der Waals surface area contributed by atoms with Gasteiger partial charge < -0.3 is 14.6 Å². The van der Waals surface area contributed by atoms with Crippen molar-refractivity contribution in [3.63, 3.8) is 0 Å². The molecule has 2 heterocycles. The first-order valence-electron chi connectivity index (χ1n) is 3.68. The molecule has 0 aromatic carbocycles. The third-order valence-corrected chi connectivity index (χ3v) is 2.47. The second-order valence-corrected chi connectivity index (χ2v) is 3.15. The van der Waals surface area contributed by atoms with Gasteiger partial charge in [0.25, 0.3) is 0 Å². The molecule has 0 bridgehead atoms. The summed E-state index contributed by atoms with van der Waals surface area (Å²) in [6.45, 7) is 2.47. The summed E-state index contributed by atoms with van der Waals surface area (Å²) < 4.78 is 10.4. The zero-order valence-electron chi connectivity index (χ0n) is 5.88. The number of hydrogen-bond acceptors (Lipinski definition) is 3. The topological polar surface area (TPSA) is 42.0 Å². The molecule has 3 heteroatoms. The van der Waals surface area contributed by atoms with E-state index in [1.54, 1.807) is 0 Å². The van der Waals surface area contributed by atoms with Crippen LogP contribution < -0.4 is 0 Å². The molecule has 2 fully saturated rings. The van der Waals surface area contributed by atoms with E-state index in [1.165, 1.54) is 0 Å². The second-order valence-electron chi connectivity index (χ2n) is 3.15. The van der Waals surface area contributed by atoms with Crippen LogP contribution >= 0.6 is 0 Å². The van der Waals surface area contributed by atoms with E-state index in [9.17, 15) is 0 Å². The highest BCUT2D eigenvalue weighted by atomic mass is 16.6. The van der Waals surface area contributed by atoms with Crippen molar-refractivity contribution in [2.75, 3.05) is 26.4 Å². The van der Waals surface area contributed by atoms with Crippen LogP contribution in [-0.4, -0.2) is 37.6 Å². The van der Waals surface area contributed by atoms with E-state index >= 15 is 0 Å². The fourth-order valence-electron chi connectivity index (χ4n) is 1.51. The lowest BCUT2D eigenvalue weighted by atomic mass is 9.85. The molecule has 10 heavy (non-hydrogen) atoms. The summed E-state index contributed by atoms with van der Waals surface area (Å²) in [5, 5.41) is 9.07. The largest absolute Gasteiger partial charge is 0.396 e. The summed E-state index contributed by atoms with van der Waals surface area (Å²) >= 11 is 0. The van der Waals surface area contributed by atoms with Gasteiger partial charge in [-0.3, -0.25) is 0 Å². The summed E-state index contributed by atoms with van der Waals surface area (Å²) in [7, 11) is 0. The van der Waals surface area contributed by atoms with Crippen molar-refractivity contribution in [3.8, 4) is 0 Å². The van der Waals surface area contributed by atoms with Crippen LogP contribution in [0.4, 0.5) is 0 Å². The van der Waals surface area contributed by atoms with Gasteiger partial charge in [-0.05, 0) is 6.42 Å². The molecule has 58 valence electrons. The van der Waals surface area contributed by atoms with Gasteiger partial charge in [-0.15, -0.1) is 0 Å². The standard InChI is InChI=1S/C7H12O3/c8-4-7(6-3-10-6)1-2-9-5-7/h6,8H,1-5H2. The van der Waals surface area contributed by atoms with Crippen molar-refractivity contribution in [1.82, 2.24) is 0 Å². The molecule has 2 rings (SSSR count). The fourth-order valence-corrected chi connectivity index (χ4v) is 1.51. The lowest BCUT2D eigenvalue weighted by molar-refractivity contribution is 0.0686. The normalized spacial score (nSPS) is 45.9. The smallest absolute Gasteiger partial charge is 0.0910 e. The molecule has 0 spiro atoms. The van der Waals surface area contributed by atoms with E-state index in [4.69, 9.17) is 14.6 Å². The van der Waals surface area contributed by atoms with E-state index in [0.29, 0.717) is 6.61 Å². The van der Waals surface area contributed by atoms with E-state index in [0.717, 1.165) is 19.6 Å². The van der Waals surface area contributed by atoms with Gasteiger partial charge in [-0.2, -0.15) is 0 Å². The van der Waals surface area contributed by atoms with Crippen molar-refractivity contribution < 1.29 is 14.6 Å². The van der Waals surface area contributed by atoms with Gasteiger partial charge in [-0.1, -0.05) is 0 Å². The van der Waals surface area contributed by atoms with Gasteiger partial charge in [0.1, 0.15) is 0 Å². The Morgan fingerprint density at radius 2 is 2.40 bits per heavy atom. The fraction of sp³-hybridized carbons (Fsp3) is 1.00. The molecule has 2 aliphatic heterocycles. The molecule has 1 N–H and O–H groups in total. The number of hydrogen-bond donors (Lipinski definition) is 1. The summed E-state index contributed by atoms with van der Waals surface area (Å²) in [6, 6.07) is 0. The molecule has 2 saturated heterocycles. The molecule has 2 aliphatic rings. The Bertz CT molecular complexity index is 125. The van der Waals surface area contributed by atoms with Crippen molar-refractivity contribution in [1.29, 1.82) is 0 Å². The summed E-state index contributed by atoms with van der Waals surface area (Å²) in [5.41, 5.74) is -0.0417. The van der Waals surface area contributed by atoms with Crippen LogP contribution in [0, 0.1) is 5.41 Å². The highest BCUT2D eigenvalue weighted by molar-refractivity contribution is 4.95. The molecule has 0 aromatic rings. The molecular formula is C7H12O3. The number of epoxide rings is 1. The third-order valence-electron chi connectivity index (χ3n) is 2.47. The maximum Gasteiger partial charge on any atom is 0.0910 e. The van der Waals surface area contributed by atoms with E-state index in [-0.39, 0.29) is 18.1 Å². The van der Waals surface area contributed by atoms with Crippen molar-refractivity contribution >= 4 is 0 Å². The first-order chi connectivity index (χ1) is 4.87. The Hall–Kier alpha value is -0.120. The van der Waals surface area contributed by atoms with Crippen LogP contribution in [0.3, 0.4) is 0 Å². The highest BCUT2D eigenvalue weighted by Gasteiger charge is 2.48. The Balaban J connectivity index is 2.04. The molecule has 2 atom stereocenters. The number of ether oxygens (including phenoxy) is 2. The molecular weight excluding hydrogens is 132 g/mol. The molecule has 0 radical (unpaired) electrons. The minimum Gasteiger partial charge on any atom is -0.396 e. The highest BCUT2D eigenvalue weighted by Crippen LogP contribution is 2.39. The van der Waals surface area contributed by atoms with Crippen LogP contribution in [0.15, 0.2) is 0 Å². The molecule has 2 unspecified atom stereocenters. The van der Waals surface area contributed by atoms with E-state index < -0.39 is 0 Å². The van der Waals surface area contributed by atoms with Crippen LogP contribution in [0.1, 0.15) is 6.42 Å². The van der Waals surface area contributed by atoms with Gasteiger partial charge in [0.15, 0.2) is 0 Å². The van der Waals surface area contributed by atoms with Crippen LogP contribution in [0.5, 0.6) is 0 Å². The monoisotopic (exact) mass is 144 g/mol. The van der Waals surface area contributed by atoms with Gasteiger partial charge in [0.05, 0.1) is 25.9 Å². The molecule has 3 nitrogen and oxygen atoms in total. The molecule has 0 saturated carbocycles. The Kier molecular flexibility index (Phi) is 1.44. The van der Waals surface area contributed by atoms with Crippen molar-refractivity contribution in [2.45, 2.75) is 12.5 Å². The Morgan fingerprint density at radius 1 is 1.60 bits per heavy atom. The number of rotatable bonds is 2. The first kappa shape index (κ1) is 6.58. The molecule has 0 amide bonds. The van der Waals surface area contributed by atoms with E-state index in [1.807, 2.05) is 0 Å². The van der Waals surface area contributed by atoms with Crippen molar-refractivity contribution in [2.24, 2.45) is 5.41 Å². The van der Waals surface area contributed by atoms with E-state index in [2.05, 4.69) is 0 Å². The first-order valence-corrected chi connectivity index (χ1v) is 3.68. The zero-order chi connectivity index (χ0) is 7.03. The minimum absolute atomic E-state index is 0.0417. The molecule has 0 aliphatic carbocycles. The van der Waals surface area contributed by atoms with Crippen molar-refractivity contribution in [3.05, 3.63) is 0 Å². The maximum absolute atomic E-state index is 9.07. The SMILES string of the molecule is OCC1(C2CO2)CCOC1. The quantitative estimate of drug-likeness (QED) is 0.545. The predicted molar refractivity (Wildman–Crippen MR) is 34.7 cm³/mol. The van der Waals surface area contributed by atoms with Crippen LogP contribution in [0.25, 0.3) is 0 Å². The average molecular weight is 144 g/mol.